The molecule has 0 N–H and O–H groups in total. The fourth-order valence-corrected chi connectivity index (χ4v) is 5.23. The third-order valence-electron chi connectivity index (χ3n) is 3.99. The van der Waals surface area contributed by atoms with Crippen molar-refractivity contribution in [1.29, 1.82) is 0 Å². The van der Waals surface area contributed by atoms with Gasteiger partial charge in [-0.1, -0.05) is 0 Å². The van der Waals surface area contributed by atoms with E-state index in [0.717, 1.165) is 6.42 Å². The Bertz CT molecular complexity index is 516. The van der Waals surface area contributed by atoms with E-state index in [1.54, 1.807) is 0 Å². The average Bonchev–Trinajstić information content (AvgIpc) is 2.86. The fraction of sp³-hybridized carbons (Fsp3) is 0.632. The fourth-order valence-electron chi connectivity index (χ4n) is 3.11. The van der Waals surface area contributed by atoms with E-state index in [1.807, 2.05) is 13.8 Å². The van der Waals surface area contributed by atoms with Gasteiger partial charge < -0.3 is 0 Å². The van der Waals surface area contributed by atoms with Gasteiger partial charge in [-0.3, -0.25) is 0 Å². The Labute approximate surface area is 147 Å². The summed E-state index contributed by atoms with van der Waals surface area (Å²) < 4.78 is 16.0. The number of benzene rings is 1. The Morgan fingerprint density at radius 1 is 1.13 bits per heavy atom. The van der Waals surface area contributed by atoms with Crippen LogP contribution in [-0.2, 0) is 9.47 Å². The van der Waals surface area contributed by atoms with E-state index in [9.17, 15) is 0 Å². The van der Waals surface area contributed by atoms with Crippen LogP contribution >= 0.6 is 0 Å². The van der Waals surface area contributed by atoms with E-state index in [2.05, 4.69) is 61.9 Å². The summed E-state index contributed by atoms with van der Waals surface area (Å²) in [5.41, 5.74) is 0.0768. The second kappa shape index (κ2) is 7.94. The van der Waals surface area contributed by atoms with Gasteiger partial charge in [0, 0.05) is 0 Å². The average molecular weight is 383 g/mol. The summed E-state index contributed by atoms with van der Waals surface area (Å²) >= 11 is 0.470. The summed E-state index contributed by atoms with van der Waals surface area (Å²) in [4.78, 5) is 0. The molecule has 0 spiro atoms. The van der Waals surface area contributed by atoms with Crippen molar-refractivity contribution in [3.63, 3.8) is 0 Å². The zero-order chi connectivity index (χ0) is 16.9. The third kappa shape index (κ3) is 4.90. The molecule has 3 nitrogen and oxygen atoms in total. The number of ether oxygens (including phenoxy) is 2. The molecule has 0 amide bonds. The molecule has 1 aromatic carbocycles. The molecular formula is C19H30NO2Se+. The molecule has 0 saturated carbocycles. The van der Waals surface area contributed by atoms with Crippen LogP contribution in [0.4, 0.5) is 0 Å². The zero-order valence-corrected chi connectivity index (χ0v) is 16.8. The van der Waals surface area contributed by atoms with Gasteiger partial charge in [0.2, 0.25) is 0 Å². The first-order valence-corrected chi connectivity index (χ1v) is 10.6. The number of rotatable bonds is 7. The first kappa shape index (κ1) is 18.7. The Kier molecular flexibility index (Phi) is 6.44. The van der Waals surface area contributed by atoms with Gasteiger partial charge in [-0.05, 0) is 0 Å². The molecule has 0 radical (unpaired) electrons. The molecule has 1 heterocycles. The molecule has 4 heteroatoms. The third-order valence-corrected chi connectivity index (χ3v) is 6.41. The van der Waals surface area contributed by atoms with Crippen LogP contribution in [0, 0.1) is 0 Å². The second-order valence-electron chi connectivity index (χ2n) is 6.87. The summed E-state index contributed by atoms with van der Waals surface area (Å²) in [6.45, 7) is 12.2. The van der Waals surface area contributed by atoms with Gasteiger partial charge in [0.1, 0.15) is 0 Å². The van der Waals surface area contributed by atoms with Gasteiger partial charge in [0.25, 0.3) is 0 Å². The van der Waals surface area contributed by atoms with E-state index in [4.69, 9.17) is 9.47 Å². The summed E-state index contributed by atoms with van der Waals surface area (Å²) in [5, 5.41) is 1.17. The first-order valence-electron chi connectivity index (χ1n) is 8.50. The molecule has 0 aliphatic carbocycles. The molecule has 23 heavy (non-hydrogen) atoms. The SMILES string of the molecule is CCOC1(OCC)C=[N+](C(C)(C)C)C(C[Se]c2ccccc2)C1. The Hall–Kier alpha value is -0.671. The van der Waals surface area contributed by atoms with Crippen LogP contribution < -0.4 is 4.46 Å². The van der Waals surface area contributed by atoms with Crippen LogP contribution in [0.3, 0.4) is 0 Å². The number of nitrogens with zero attached hydrogens (tertiary/aromatic N) is 1. The van der Waals surface area contributed by atoms with Crippen LogP contribution in [0.15, 0.2) is 30.3 Å². The van der Waals surface area contributed by atoms with Crippen molar-refractivity contribution < 1.29 is 14.0 Å². The van der Waals surface area contributed by atoms with Crippen LogP contribution in [0.1, 0.15) is 41.0 Å². The van der Waals surface area contributed by atoms with Crippen molar-refractivity contribution in [1.82, 2.24) is 0 Å². The van der Waals surface area contributed by atoms with Gasteiger partial charge in [-0.25, -0.2) is 0 Å². The Balaban J connectivity index is 2.16. The second-order valence-corrected chi connectivity index (χ2v) is 9.16. The van der Waals surface area contributed by atoms with Crippen molar-refractivity contribution in [2.75, 3.05) is 13.2 Å². The molecular weight excluding hydrogens is 353 g/mol. The summed E-state index contributed by atoms with van der Waals surface area (Å²) in [5.74, 6) is -0.547. The van der Waals surface area contributed by atoms with Gasteiger partial charge in [-0.2, -0.15) is 0 Å². The molecule has 1 aliphatic heterocycles. The Morgan fingerprint density at radius 3 is 2.26 bits per heavy atom. The quantitative estimate of drug-likeness (QED) is 0.410. The minimum absolute atomic E-state index is 0.0768. The molecule has 0 aromatic heterocycles. The van der Waals surface area contributed by atoms with E-state index in [-0.39, 0.29) is 5.54 Å². The Morgan fingerprint density at radius 2 is 1.74 bits per heavy atom. The monoisotopic (exact) mass is 384 g/mol. The topological polar surface area (TPSA) is 21.5 Å². The molecule has 2 rings (SSSR count). The van der Waals surface area contributed by atoms with Gasteiger partial charge >= 0.3 is 147 Å². The molecule has 1 aliphatic rings. The molecule has 0 saturated heterocycles. The molecule has 1 atom stereocenters. The van der Waals surface area contributed by atoms with Gasteiger partial charge in [0.05, 0.1) is 0 Å². The predicted molar refractivity (Wildman–Crippen MR) is 97.1 cm³/mol. The molecule has 1 unspecified atom stereocenters. The summed E-state index contributed by atoms with van der Waals surface area (Å²) in [6, 6.07) is 11.3. The normalized spacial score (nSPS) is 20.6. The number of hydrogen-bond acceptors (Lipinski definition) is 2. The van der Waals surface area contributed by atoms with E-state index < -0.39 is 5.79 Å². The van der Waals surface area contributed by atoms with Crippen molar-refractivity contribution >= 4 is 25.6 Å². The predicted octanol–water partition coefficient (Wildman–Crippen LogP) is 2.86. The van der Waals surface area contributed by atoms with Crippen molar-refractivity contribution in [3.8, 4) is 0 Å². The van der Waals surface area contributed by atoms with Crippen molar-refractivity contribution in [2.24, 2.45) is 0 Å². The molecule has 0 bridgehead atoms. The maximum atomic E-state index is 6.03. The van der Waals surface area contributed by atoms with Crippen LogP contribution in [0.2, 0.25) is 5.32 Å². The molecule has 1 aromatic rings. The summed E-state index contributed by atoms with van der Waals surface area (Å²) in [7, 11) is 0. The van der Waals surface area contributed by atoms with Gasteiger partial charge in [-0.15, -0.1) is 0 Å². The first-order chi connectivity index (χ1) is 10.9. The van der Waals surface area contributed by atoms with Crippen LogP contribution in [0.5, 0.6) is 0 Å². The van der Waals surface area contributed by atoms with Crippen LogP contribution in [-0.4, -0.2) is 56.3 Å². The maximum absolute atomic E-state index is 6.03. The van der Waals surface area contributed by atoms with E-state index in [1.165, 1.54) is 9.78 Å². The van der Waals surface area contributed by atoms with Gasteiger partial charge in [0.15, 0.2) is 0 Å². The van der Waals surface area contributed by atoms with E-state index in [0.29, 0.717) is 34.2 Å². The van der Waals surface area contributed by atoms with E-state index >= 15 is 0 Å². The molecule has 128 valence electrons. The summed E-state index contributed by atoms with van der Waals surface area (Å²) in [6.07, 6.45) is 3.12. The van der Waals surface area contributed by atoms with Crippen molar-refractivity contribution in [2.45, 2.75) is 63.7 Å². The van der Waals surface area contributed by atoms with Crippen LogP contribution in [0.25, 0.3) is 0 Å². The standard InChI is InChI=1S/C19H30NO2Se/c1-6-21-19(22-7-2)13-16(20(15-19)18(3,4)5)14-23-17-11-9-8-10-12-17/h8-12,15-16H,6-7,13-14H2,1-5H3/q+1. The minimum atomic E-state index is -0.547. The molecule has 0 fully saturated rings. The van der Waals surface area contributed by atoms with Crippen molar-refractivity contribution in [3.05, 3.63) is 30.3 Å². The number of hydrogen-bond donors (Lipinski definition) is 0. The zero-order valence-electron chi connectivity index (χ0n) is 15.0.